The van der Waals surface area contributed by atoms with Crippen molar-refractivity contribution in [3.63, 3.8) is 0 Å². The van der Waals surface area contributed by atoms with Gasteiger partial charge in [-0.2, -0.15) is 0 Å². The zero-order chi connectivity index (χ0) is 17.1. The molecule has 1 aromatic carbocycles. The zero-order valence-corrected chi connectivity index (χ0v) is 13.6. The minimum Gasteiger partial charge on any atom is -0.450 e. The van der Waals surface area contributed by atoms with E-state index in [1.54, 1.807) is 24.3 Å². The van der Waals surface area contributed by atoms with Crippen LogP contribution in [0.2, 0.25) is 0 Å². The number of hydrogen-bond donors (Lipinski definition) is 1. The van der Waals surface area contributed by atoms with Gasteiger partial charge in [0, 0.05) is 12.5 Å². The van der Waals surface area contributed by atoms with Gasteiger partial charge in [0.1, 0.15) is 0 Å². The summed E-state index contributed by atoms with van der Waals surface area (Å²) in [5.74, 6) is -1.54. The number of fused-ring (bicyclic) bond motifs is 1. The van der Waals surface area contributed by atoms with Crippen molar-refractivity contribution >= 4 is 17.8 Å². The number of esters is 2. The summed E-state index contributed by atoms with van der Waals surface area (Å²) in [5, 5.41) is 2.89. The number of carbonyl (C=O) groups is 3. The lowest BCUT2D eigenvalue weighted by molar-refractivity contribution is -0.163. The van der Waals surface area contributed by atoms with Gasteiger partial charge in [-0.25, -0.2) is 9.59 Å². The highest BCUT2D eigenvalue weighted by Gasteiger charge is 2.34. The van der Waals surface area contributed by atoms with Crippen molar-refractivity contribution in [1.29, 1.82) is 0 Å². The van der Waals surface area contributed by atoms with E-state index in [-0.39, 0.29) is 18.4 Å². The fourth-order valence-electron chi connectivity index (χ4n) is 3.16. The van der Waals surface area contributed by atoms with Crippen molar-refractivity contribution in [1.82, 2.24) is 5.32 Å². The Kier molecular flexibility index (Phi) is 4.83. The first-order chi connectivity index (χ1) is 11.5. The predicted molar refractivity (Wildman–Crippen MR) is 85.3 cm³/mol. The van der Waals surface area contributed by atoms with Gasteiger partial charge in [0.15, 0.2) is 6.10 Å². The molecule has 2 atom stereocenters. The second-order valence-electron chi connectivity index (χ2n) is 6.32. The number of carbonyl (C=O) groups excluding carboxylic acids is 3. The second kappa shape index (κ2) is 7.03. The highest BCUT2D eigenvalue weighted by Crippen LogP contribution is 2.22. The first-order valence-electron chi connectivity index (χ1n) is 8.34. The molecule has 1 heterocycles. The van der Waals surface area contributed by atoms with E-state index in [0.717, 1.165) is 31.2 Å². The standard InChI is InChI=1S/C18H21NO5/c1-11(16(20)19-13-7-3-4-8-13)23-18(22)15-10-12-6-2-5-9-14(12)17(21)24-15/h2,5-6,9,11,13,15H,3-4,7-8,10H2,1H3,(H,19,20)/t11-,15+/m1/s1. The predicted octanol–water partition coefficient (Wildman–Crippen LogP) is 1.76. The molecule has 0 saturated heterocycles. The second-order valence-corrected chi connectivity index (χ2v) is 6.32. The lowest BCUT2D eigenvalue weighted by Crippen LogP contribution is -2.43. The lowest BCUT2D eigenvalue weighted by atomic mass is 9.99. The molecule has 3 rings (SSSR count). The monoisotopic (exact) mass is 331 g/mol. The molecule has 128 valence electrons. The molecular formula is C18H21NO5. The van der Waals surface area contributed by atoms with E-state index in [4.69, 9.17) is 9.47 Å². The van der Waals surface area contributed by atoms with Crippen LogP contribution in [0.1, 0.15) is 48.5 Å². The summed E-state index contributed by atoms with van der Waals surface area (Å²) in [6.45, 7) is 1.53. The Hall–Kier alpha value is -2.37. The highest BCUT2D eigenvalue weighted by molar-refractivity contribution is 5.95. The summed E-state index contributed by atoms with van der Waals surface area (Å²) < 4.78 is 10.3. The number of benzene rings is 1. The van der Waals surface area contributed by atoms with Crippen molar-refractivity contribution in [2.75, 3.05) is 0 Å². The van der Waals surface area contributed by atoms with Gasteiger partial charge in [-0.3, -0.25) is 4.79 Å². The van der Waals surface area contributed by atoms with Crippen LogP contribution in [0.4, 0.5) is 0 Å². The summed E-state index contributed by atoms with van der Waals surface area (Å²) in [5.41, 5.74) is 1.22. The van der Waals surface area contributed by atoms with Crippen molar-refractivity contribution in [3.8, 4) is 0 Å². The van der Waals surface area contributed by atoms with Gasteiger partial charge in [-0.1, -0.05) is 31.0 Å². The van der Waals surface area contributed by atoms with E-state index in [0.29, 0.717) is 5.56 Å². The Morgan fingerprint density at radius 2 is 1.96 bits per heavy atom. The Balaban J connectivity index is 1.57. The van der Waals surface area contributed by atoms with Gasteiger partial charge in [0.2, 0.25) is 6.10 Å². The minimum atomic E-state index is -1.01. The van der Waals surface area contributed by atoms with Crippen LogP contribution in [-0.4, -0.2) is 36.1 Å². The molecule has 1 aromatic rings. The molecular weight excluding hydrogens is 310 g/mol. The van der Waals surface area contributed by atoms with Crippen LogP contribution in [0.25, 0.3) is 0 Å². The van der Waals surface area contributed by atoms with Crippen molar-refractivity contribution in [2.24, 2.45) is 0 Å². The molecule has 1 fully saturated rings. The molecule has 0 radical (unpaired) electrons. The van der Waals surface area contributed by atoms with E-state index in [1.807, 2.05) is 0 Å². The van der Waals surface area contributed by atoms with Crippen molar-refractivity contribution in [2.45, 2.75) is 57.3 Å². The Morgan fingerprint density at radius 1 is 1.25 bits per heavy atom. The van der Waals surface area contributed by atoms with Crippen LogP contribution < -0.4 is 5.32 Å². The van der Waals surface area contributed by atoms with E-state index in [1.165, 1.54) is 6.92 Å². The summed E-state index contributed by atoms with van der Waals surface area (Å²) in [4.78, 5) is 36.3. The fourth-order valence-corrected chi connectivity index (χ4v) is 3.16. The average Bonchev–Trinajstić information content (AvgIpc) is 3.07. The number of rotatable bonds is 4. The molecule has 1 saturated carbocycles. The molecule has 2 aliphatic rings. The van der Waals surface area contributed by atoms with Gasteiger partial charge >= 0.3 is 11.9 Å². The topological polar surface area (TPSA) is 81.7 Å². The maximum absolute atomic E-state index is 12.2. The van der Waals surface area contributed by atoms with Crippen LogP contribution in [0, 0.1) is 0 Å². The smallest absolute Gasteiger partial charge is 0.348 e. The Bertz CT molecular complexity index is 651. The average molecular weight is 331 g/mol. The summed E-state index contributed by atoms with van der Waals surface area (Å²) in [6.07, 6.45) is 2.49. The van der Waals surface area contributed by atoms with Crippen molar-refractivity contribution in [3.05, 3.63) is 35.4 Å². The van der Waals surface area contributed by atoms with Crippen LogP contribution in [0.5, 0.6) is 0 Å². The summed E-state index contributed by atoms with van der Waals surface area (Å²) >= 11 is 0. The van der Waals surface area contributed by atoms with Crippen molar-refractivity contribution < 1.29 is 23.9 Å². The molecule has 1 N–H and O–H groups in total. The lowest BCUT2D eigenvalue weighted by Gasteiger charge is -2.24. The molecule has 0 unspecified atom stereocenters. The molecule has 0 bridgehead atoms. The third kappa shape index (κ3) is 3.58. The normalized spacial score (nSPS) is 21.5. The van der Waals surface area contributed by atoms with E-state index < -0.39 is 24.1 Å². The third-order valence-corrected chi connectivity index (χ3v) is 4.52. The SMILES string of the molecule is C[C@@H](OC(=O)[C@@H]1Cc2ccccc2C(=O)O1)C(=O)NC1CCCC1. The molecule has 1 amide bonds. The minimum absolute atomic E-state index is 0.165. The highest BCUT2D eigenvalue weighted by atomic mass is 16.6. The van der Waals surface area contributed by atoms with E-state index in [9.17, 15) is 14.4 Å². The van der Waals surface area contributed by atoms with Crippen LogP contribution in [0.3, 0.4) is 0 Å². The van der Waals surface area contributed by atoms with Gasteiger partial charge in [0.25, 0.3) is 5.91 Å². The first kappa shape index (κ1) is 16.5. The molecule has 6 nitrogen and oxygen atoms in total. The number of ether oxygens (including phenoxy) is 2. The largest absolute Gasteiger partial charge is 0.450 e. The van der Waals surface area contributed by atoms with Crippen LogP contribution in [-0.2, 0) is 25.5 Å². The molecule has 0 aromatic heterocycles. The van der Waals surface area contributed by atoms with Gasteiger partial charge in [-0.15, -0.1) is 0 Å². The zero-order valence-electron chi connectivity index (χ0n) is 13.6. The fraction of sp³-hybridized carbons (Fsp3) is 0.500. The van der Waals surface area contributed by atoms with Gasteiger partial charge < -0.3 is 14.8 Å². The maximum Gasteiger partial charge on any atom is 0.348 e. The van der Waals surface area contributed by atoms with Crippen LogP contribution >= 0.6 is 0 Å². The van der Waals surface area contributed by atoms with E-state index >= 15 is 0 Å². The Morgan fingerprint density at radius 3 is 2.71 bits per heavy atom. The maximum atomic E-state index is 12.2. The molecule has 1 aliphatic carbocycles. The Labute approximate surface area is 140 Å². The number of nitrogens with one attached hydrogen (secondary N) is 1. The number of cyclic esters (lactones) is 1. The van der Waals surface area contributed by atoms with E-state index in [2.05, 4.69) is 5.32 Å². The number of hydrogen-bond acceptors (Lipinski definition) is 5. The van der Waals surface area contributed by atoms with Gasteiger partial charge in [-0.05, 0) is 31.4 Å². The van der Waals surface area contributed by atoms with Gasteiger partial charge in [0.05, 0.1) is 5.56 Å². The molecule has 6 heteroatoms. The summed E-state index contributed by atoms with van der Waals surface area (Å²) in [7, 11) is 0. The quantitative estimate of drug-likeness (QED) is 0.850. The number of amides is 1. The third-order valence-electron chi connectivity index (χ3n) is 4.52. The molecule has 0 spiro atoms. The first-order valence-corrected chi connectivity index (χ1v) is 8.34. The van der Waals surface area contributed by atoms with Crippen LogP contribution in [0.15, 0.2) is 24.3 Å². The molecule has 24 heavy (non-hydrogen) atoms. The summed E-state index contributed by atoms with van der Waals surface area (Å²) in [6, 6.07) is 7.16. The molecule has 1 aliphatic heterocycles.